The molecule has 6 heteroatoms. The Morgan fingerprint density at radius 3 is 3.13 bits per heavy atom. The molecule has 1 aromatic heterocycles. The predicted molar refractivity (Wildman–Crippen MR) is 86.5 cm³/mol. The van der Waals surface area contributed by atoms with Crippen molar-refractivity contribution in [2.75, 3.05) is 26.3 Å². The number of nitrogens with one attached hydrogen (secondary N) is 1. The normalized spacial score (nSPS) is 14.7. The Morgan fingerprint density at radius 2 is 2.35 bits per heavy atom. The summed E-state index contributed by atoms with van der Waals surface area (Å²) < 4.78 is 5.41. The Bertz CT molecular complexity index is 696. The summed E-state index contributed by atoms with van der Waals surface area (Å²) in [4.78, 5) is 21.4. The number of fused-ring (bicyclic) bond motifs is 1. The van der Waals surface area contributed by atoms with Gasteiger partial charge in [0.25, 0.3) is 0 Å². The maximum Gasteiger partial charge on any atom is 0.335 e. The fraction of sp³-hybridized carbons (Fsp3) is 0.412. The molecular formula is C17H21N3O3. The van der Waals surface area contributed by atoms with Crippen LogP contribution in [-0.2, 0) is 17.7 Å². The minimum absolute atomic E-state index is 0.273. The predicted octanol–water partition coefficient (Wildman–Crippen LogP) is 2.17. The molecule has 0 unspecified atom stereocenters. The van der Waals surface area contributed by atoms with E-state index in [9.17, 15) is 4.79 Å². The lowest BCUT2D eigenvalue weighted by Gasteiger charge is -2.25. The van der Waals surface area contributed by atoms with E-state index in [0.29, 0.717) is 0 Å². The van der Waals surface area contributed by atoms with Crippen LogP contribution < -0.4 is 0 Å². The first-order valence-electron chi connectivity index (χ1n) is 7.89. The molecule has 0 aliphatic carbocycles. The number of H-pyrrole nitrogens is 1. The van der Waals surface area contributed by atoms with Crippen molar-refractivity contribution in [1.29, 1.82) is 0 Å². The lowest BCUT2D eigenvalue weighted by Crippen LogP contribution is -2.33. The van der Waals surface area contributed by atoms with Crippen molar-refractivity contribution in [3.63, 3.8) is 0 Å². The maximum atomic E-state index is 11.1. The Labute approximate surface area is 135 Å². The van der Waals surface area contributed by atoms with Gasteiger partial charge in [0, 0.05) is 38.2 Å². The molecule has 0 amide bonds. The van der Waals surface area contributed by atoms with Crippen LogP contribution in [-0.4, -0.2) is 52.2 Å². The highest BCUT2D eigenvalue weighted by molar-refractivity contribution is 5.89. The lowest BCUT2D eigenvalue weighted by molar-refractivity contribution is 0.0697. The average molecular weight is 315 g/mol. The summed E-state index contributed by atoms with van der Waals surface area (Å²) in [5, 5.41) is 9.11. The second-order valence-corrected chi connectivity index (χ2v) is 5.62. The standard InChI is InChI=1S/C17H21N3O3/c1-2-23-9-8-20-7-6-14-15(11-20)19-16(18-14)12-4-3-5-13(10-12)17(21)22/h3-5,10H,2,6-9,11H2,1H3,(H,18,19)(H,21,22). The second-order valence-electron chi connectivity index (χ2n) is 5.62. The van der Waals surface area contributed by atoms with Crippen LogP contribution in [0.3, 0.4) is 0 Å². The Kier molecular flexibility index (Phi) is 4.73. The van der Waals surface area contributed by atoms with Gasteiger partial charge in [0.05, 0.1) is 23.6 Å². The van der Waals surface area contributed by atoms with Crippen LogP contribution in [0.15, 0.2) is 24.3 Å². The molecule has 1 aliphatic rings. The molecule has 0 bridgehead atoms. The first-order valence-corrected chi connectivity index (χ1v) is 7.89. The summed E-state index contributed by atoms with van der Waals surface area (Å²) in [5.74, 6) is -0.185. The van der Waals surface area contributed by atoms with Crippen molar-refractivity contribution in [3.05, 3.63) is 41.2 Å². The van der Waals surface area contributed by atoms with Crippen molar-refractivity contribution in [3.8, 4) is 11.4 Å². The molecule has 1 aliphatic heterocycles. The van der Waals surface area contributed by atoms with Gasteiger partial charge in [0.2, 0.25) is 0 Å². The number of aromatic carboxylic acids is 1. The lowest BCUT2D eigenvalue weighted by atomic mass is 10.1. The molecule has 0 fully saturated rings. The molecule has 0 saturated heterocycles. The zero-order valence-electron chi connectivity index (χ0n) is 13.2. The van der Waals surface area contributed by atoms with Crippen molar-refractivity contribution in [1.82, 2.24) is 14.9 Å². The molecule has 0 saturated carbocycles. The average Bonchev–Trinajstić information content (AvgIpc) is 2.98. The fourth-order valence-electron chi connectivity index (χ4n) is 2.81. The van der Waals surface area contributed by atoms with Crippen LogP contribution in [0.4, 0.5) is 0 Å². The number of rotatable bonds is 6. The topological polar surface area (TPSA) is 78.4 Å². The van der Waals surface area contributed by atoms with Gasteiger partial charge in [-0.05, 0) is 19.1 Å². The molecule has 122 valence electrons. The van der Waals surface area contributed by atoms with E-state index in [2.05, 4.69) is 14.9 Å². The highest BCUT2D eigenvalue weighted by Crippen LogP contribution is 2.23. The molecule has 23 heavy (non-hydrogen) atoms. The van der Waals surface area contributed by atoms with Gasteiger partial charge in [-0.25, -0.2) is 9.78 Å². The third-order valence-electron chi connectivity index (χ3n) is 4.05. The number of imidazole rings is 1. The molecule has 2 N–H and O–H groups in total. The van der Waals surface area contributed by atoms with E-state index >= 15 is 0 Å². The first-order chi connectivity index (χ1) is 11.2. The number of carboxylic acids is 1. The number of nitrogens with zero attached hydrogens (tertiary/aromatic N) is 2. The van der Waals surface area contributed by atoms with Crippen molar-refractivity contribution in [2.24, 2.45) is 0 Å². The monoisotopic (exact) mass is 315 g/mol. The Balaban J connectivity index is 1.75. The molecule has 3 rings (SSSR count). The molecule has 2 heterocycles. The molecule has 0 atom stereocenters. The summed E-state index contributed by atoms with van der Waals surface area (Å²) in [6, 6.07) is 6.86. The Hall–Kier alpha value is -2.18. The minimum Gasteiger partial charge on any atom is -0.478 e. The number of hydrogen-bond donors (Lipinski definition) is 2. The molecular weight excluding hydrogens is 294 g/mol. The first kappa shape index (κ1) is 15.7. The highest BCUT2D eigenvalue weighted by atomic mass is 16.5. The van der Waals surface area contributed by atoms with Gasteiger partial charge in [-0.1, -0.05) is 12.1 Å². The minimum atomic E-state index is -0.926. The molecule has 6 nitrogen and oxygen atoms in total. The van der Waals surface area contributed by atoms with Crippen LogP contribution in [0.1, 0.15) is 28.7 Å². The van der Waals surface area contributed by atoms with Gasteiger partial charge < -0.3 is 14.8 Å². The van der Waals surface area contributed by atoms with Gasteiger partial charge in [0.15, 0.2) is 0 Å². The number of aromatic amines is 1. The third-order valence-corrected chi connectivity index (χ3v) is 4.05. The summed E-state index contributed by atoms with van der Waals surface area (Å²) >= 11 is 0. The van der Waals surface area contributed by atoms with Crippen molar-refractivity contribution >= 4 is 5.97 Å². The number of aromatic nitrogens is 2. The molecule has 0 spiro atoms. The van der Waals surface area contributed by atoms with Crippen LogP contribution in [0.25, 0.3) is 11.4 Å². The smallest absolute Gasteiger partial charge is 0.335 e. The molecule has 0 radical (unpaired) electrons. The molecule has 1 aromatic carbocycles. The van der Waals surface area contributed by atoms with E-state index < -0.39 is 5.97 Å². The summed E-state index contributed by atoms with van der Waals surface area (Å²) in [6.45, 7) is 6.20. The van der Waals surface area contributed by atoms with Crippen molar-refractivity contribution < 1.29 is 14.6 Å². The second kappa shape index (κ2) is 6.93. The third kappa shape index (κ3) is 3.60. The number of carboxylic acid groups (broad SMARTS) is 1. The van der Waals surface area contributed by atoms with E-state index in [1.165, 1.54) is 0 Å². The number of benzene rings is 1. The highest BCUT2D eigenvalue weighted by Gasteiger charge is 2.20. The Morgan fingerprint density at radius 1 is 1.48 bits per heavy atom. The number of hydrogen-bond acceptors (Lipinski definition) is 4. The fourth-order valence-corrected chi connectivity index (χ4v) is 2.81. The zero-order valence-corrected chi connectivity index (χ0v) is 13.2. The maximum absolute atomic E-state index is 11.1. The van der Waals surface area contributed by atoms with Gasteiger partial charge in [-0.3, -0.25) is 4.90 Å². The van der Waals surface area contributed by atoms with Crippen molar-refractivity contribution in [2.45, 2.75) is 19.9 Å². The van der Waals surface area contributed by atoms with E-state index in [4.69, 9.17) is 9.84 Å². The van der Waals surface area contributed by atoms with Gasteiger partial charge in [-0.2, -0.15) is 0 Å². The van der Waals surface area contributed by atoms with E-state index in [1.807, 2.05) is 13.0 Å². The van der Waals surface area contributed by atoms with Crippen LogP contribution in [0.2, 0.25) is 0 Å². The summed E-state index contributed by atoms with van der Waals surface area (Å²) in [6.07, 6.45) is 0.899. The van der Waals surface area contributed by atoms with Gasteiger partial charge >= 0.3 is 5.97 Å². The quantitative estimate of drug-likeness (QED) is 0.799. The summed E-state index contributed by atoms with van der Waals surface area (Å²) in [5.41, 5.74) is 3.27. The van der Waals surface area contributed by atoms with Gasteiger partial charge in [-0.15, -0.1) is 0 Å². The van der Waals surface area contributed by atoms with Gasteiger partial charge in [0.1, 0.15) is 5.82 Å². The van der Waals surface area contributed by atoms with Crippen LogP contribution >= 0.6 is 0 Å². The summed E-state index contributed by atoms with van der Waals surface area (Å²) in [7, 11) is 0. The van der Waals surface area contributed by atoms with E-state index in [1.54, 1.807) is 18.2 Å². The zero-order chi connectivity index (χ0) is 16.2. The van der Waals surface area contributed by atoms with Crippen LogP contribution in [0.5, 0.6) is 0 Å². The largest absolute Gasteiger partial charge is 0.478 e. The number of ether oxygens (including phenoxy) is 1. The van der Waals surface area contributed by atoms with E-state index in [0.717, 1.165) is 62.0 Å². The number of carbonyl (C=O) groups is 1. The van der Waals surface area contributed by atoms with E-state index in [-0.39, 0.29) is 5.56 Å². The van der Waals surface area contributed by atoms with Crippen LogP contribution in [0, 0.1) is 0 Å². The SMILES string of the molecule is CCOCCN1CCc2nc(-c3cccc(C(=O)O)c3)[nH]c2C1. The molecule has 2 aromatic rings.